The number of amides is 1. The first-order valence-electron chi connectivity index (χ1n) is 8.45. The van der Waals surface area contributed by atoms with Crippen LogP contribution < -0.4 is 10.6 Å². The van der Waals surface area contributed by atoms with Gasteiger partial charge in [0.1, 0.15) is 6.17 Å². The van der Waals surface area contributed by atoms with Crippen LogP contribution in [0.5, 0.6) is 0 Å². The minimum atomic E-state index is -1.19. The third kappa shape index (κ3) is 15.9. The van der Waals surface area contributed by atoms with E-state index in [0.29, 0.717) is 39.1 Å². The van der Waals surface area contributed by atoms with Gasteiger partial charge in [-0.2, -0.15) is 0 Å². The maximum absolute atomic E-state index is 13.2. The first kappa shape index (κ1) is 22.2. The van der Waals surface area contributed by atoms with E-state index in [0.717, 1.165) is 19.4 Å². The van der Waals surface area contributed by atoms with Crippen molar-refractivity contribution in [3.05, 3.63) is 0 Å². The quantitative estimate of drug-likeness (QED) is 0.416. The lowest BCUT2D eigenvalue weighted by Gasteiger charge is -2.14. The number of halogens is 1. The molecule has 23 heavy (non-hydrogen) atoms. The Morgan fingerprint density at radius 2 is 1.57 bits per heavy atom. The summed E-state index contributed by atoms with van der Waals surface area (Å²) in [6, 6.07) is 0.567. The molecule has 1 unspecified atom stereocenters. The van der Waals surface area contributed by atoms with Crippen molar-refractivity contribution in [1.82, 2.24) is 10.6 Å². The van der Waals surface area contributed by atoms with E-state index in [1.807, 2.05) is 0 Å². The lowest BCUT2D eigenvalue weighted by Crippen LogP contribution is -2.31. The van der Waals surface area contributed by atoms with Gasteiger partial charge in [-0.3, -0.25) is 4.79 Å². The van der Waals surface area contributed by atoms with Gasteiger partial charge in [0.25, 0.3) is 0 Å². The summed E-state index contributed by atoms with van der Waals surface area (Å²) in [5, 5.41) is 5.82. The molecular formula is C16H33FN2O4. The molecule has 0 aromatic rings. The van der Waals surface area contributed by atoms with Crippen LogP contribution in [0.2, 0.25) is 0 Å². The van der Waals surface area contributed by atoms with Crippen LogP contribution in [0.15, 0.2) is 0 Å². The van der Waals surface area contributed by atoms with Gasteiger partial charge < -0.3 is 24.8 Å². The van der Waals surface area contributed by atoms with Crippen molar-refractivity contribution in [2.24, 2.45) is 0 Å². The van der Waals surface area contributed by atoms with Crippen LogP contribution in [0.25, 0.3) is 0 Å². The second-order valence-electron chi connectivity index (χ2n) is 5.30. The number of hydrogen-bond donors (Lipinski definition) is 2. The summed E-state index contributed by atoms with van der Waals surface area (Å²) < 4.78 is 29.1. The van der Waals surface area contributed by atoms with Crippen LogP contribution in [0, 0.1) is 0 Å². The lowest BCUT2D eigenvalue weighted by atomic mass is 10.2. The highest BCUT2D eigenvalue weighted by Crippen LogP contribution is 1.94. The molecule has 0 aromatic carbocycles. The van der Waals surface area contributed by atoms with Gasteiger partial charge in [0, 0.05) is 19.5 Å². The summed E-state index contributed by atoms with van der Waals surface area (Å²) >= 11 is 0. The van der Waals surface area contributed by atoms with Crippen molar-refractivity contribution in [2.45, 2.75) is 45.8 Å². The number of rotatable bonds is 16. The predicted octanol–water partition coefficient (Wildman–Crippen LogP) is 1.29. The number of nitrogens with one attached hydrogen (secondary N) is 2. The minimum absolute atomic E-state index is 0.0189. The molecule has 0 bridgehead atoms. The molecule has 0 spiro atoms. The van der Waals surface area contributed by atoms with E-state index < -0.39 is 6.17 Å². The molecule has 2 N–H and O–H groups in total. The topological polar surface area (TPSA) is 68.8 Å². The Hall–Kier alpha value is -0.760. The fourth-order valence-electron chi connectivity index (χ4n) is 1.88. The van der Waals surface area contributed by atoms with E-state index in [1.165, 1.54) is 6.92 Å². The van der Waals surface area contributed by atoms with Crippen molar-refractivity contribution in [2.75, 3.05) is 52.7 Å². The van der Waals surface area contributed by atoms with Crippen LogP contribution in [0.3, 0.4) is 0 Å². The Morgan fingerprint density at radius 3 is 2.13 bits per heavy atom. The SMILES string of the molecule is CCC(CC)NCCOCCOCCOCC(F)CNC(C)=O. The monoisotopic (exact) mass is 336 g/mol. The molecule has 0 aliphatic rings. The van der Waals surface area contributed by atoms with E-state index >= 15 is 0 Å². The maximum atomic E-state index is 13.2. The molecule has 0 rings (SSSR count). The van der Waals surface area contributed by atoms with Crippen molar-refractivity contribution >= 4 is 5.91 Å². The van der Waals surface area contributed by atoms with Crippen LogP contribution in [-0.4, -0.2) is 70.9 Å². The van der Waals surface area contributed by atoms with Gasteiger partial charge in [-0.05, 0) is 12.8 Å². The Morgan fingerprint density at radius 1 is 1.00 bits per heavy atom. The summed E-state index contributed by atoms with van der Waals surface area (Å²) in [5.74, 6) is -0.244. The average Bonchev–Trinajstić information content (AvgIpc) is 2.54. The summed E-state index contributed by atoms with van der Waals surface area (Å²) in [6.07, 6.45) is 1.07. The first-order chi connectivity index (χ1) is 11.1. The van der Waals surface area contributed by atoms with Gasteiger partial charge in [0.15, 0.2) is 0 Å². The summed E-state index contributed by atoms with van der Waals surface area (Å²) in [6.45, 7) is 8.93. The maximum Gasteiger partial charge on any atom is 0.216 e. The zero-order valence-corrected chi connectivity index (χ0v) is 14.7. The fourth-order valence-corrected chi connectivity index (χ4v) is 1.88. The number of hydrogen-bond acceptors (Lipinski definition) is 5. The minimum Gasteiger partial charge on any atom is -0.378 e. The molecule has 0 aromatic heterocycles. The third-order valence-corrected chi connectivity index (χ3v) is 3.28. The standard InChI is InChI=1S/C16H33FN2O4/c1-4-16(5-2)18-6-7-21-8-9-22-10-11-23-13-15(17)12-19-14(3)20/h15-16,18H,4-13H2,1-3H3,(H,19,20). The van der Waals surface area contributed by atoms with Crippen molar-refractivity contribution in [3.63, 3.8) is 0 Å². The molecule has 7 heteroatoms. The molecule has 1 atom stereocenters. The average molecular weight is 336 g/mol. The summed E-state index contributed by atoms with van der Waals surface area (Å²) in [5.41, 5.74) is 0. The third-order valence-electron chi connectivity index (χ3n) is 3.28. The molecule has 0 aliphatic heterocycles. The van der Waals surface area contributed by atoms with Gasteiger partial charge in [-0.1, -0.05) is 13.8 Å². The van der Waals surface area contributed by atoms with Gasteiger partial charge in [0.2, 0.25) is 5.91 Å². The van der Waals surface area contributed by atoms with E-state index in [2.05, 4.69) is 24.5 Å². The van der Waals surface area contributed by atoms with E-state index in [-0.39, 0.29) is 19.1 Å². The number of ether oxygens (including phenoxy) is 3. The van der Waals surface area contributed by atoms with E-state index in [1.54, 1.807) is 0 Å². The number of alkyl halides is 1. The molecule has 0 fully saturated rings. The summed E-state index contributed by atoms with van der Waals surface area (Å²) in [7, 11) is 0. The molecule has 0 saturated carbocycles. The summed E-state index contributed by atoms with van der Waals surface area (Å²) in [4.78, 5) is 10.6. The highest BCUT2D eigenvalue weighted by molar-refractivity contribution is 5.72. The molecule has 0 aliphatic carbocycles. The Bertz CT molecular complexity index is 279. The number of carbonyl (C=O) groups is 1. The van der Waals surface area contributed by atoms with Crippen LogP contribution in [0.4, 0.5) is 4.39 Å². The van der Waals surface area contributed by atoms with Crippen molar-refractivity contribution in [3.8, 4) is 0 Å². The Labute approximate surface area is 139 Å². The van der Waals surface area contributed by atoms with Gasteiger partial charge in [-0.15, -0.1) is 0 Å². The zero-order chi connectivity index (χ0) is 17.3. The second kappa shape index (κ2) is 16.1. The van der Waals surface area contributed by atoms with Crippen LogP contribution >= 0.6 is 0 Å². The lowest BCUT2D eigenvalue weighted by molar-refractivity contribution is -0.119. The van der Waals surface area contributed by atoms with Gasteiger partial charge >= 0.3 is 0 Å². The molecule has 0 radical (unpaired) electrons. The van der Waals surface area contributed by atoms with Crippen molar-refractivity contribution in [1.29, 1.82) is 0 Å². The predicted molar refractivity (Wildman–Crippen MR) is 88.4 cm³/mol. The fraction of sp³-hybridized carbons (Fsp3) is 0.938. The normalized spacial score (nSPS) is 12.6. The van der Waals surface area contributed by atoms with Crippen LogP contribution in [0.1, 0.15) is 33.6 Å². The molecular weight excluding hydrogens is 303 g/mol. The second-order valence-corrected chi connectivity index (χ2v) is 5.30. The first-order valence-corrected chi connectivity index (χ1v) is 8.45. The Kier molecular flexibility index (Phi) is 15.6. The van der Waals surface area contributed by atoms with E-state index in [9.17, 15) is 9.18 Å². The largest absolute Gasteiger partial charge is 0.378 e. The molecule has 6 nitrogen and oxygen atoms in total. The number of carbonyl (C=O) groups excluding carboxylic acids is 1. The smallest absolute Gasteiger partial charge is 0.216 e. The molecule has 0 saturated heterocycles. The van der Waals surface area contributed by atoms with Gasteiger partial charge in [-0.25, -0.2) is 4.39 Å². The zero-order valence-electron chi connectivity index (χ0n) is 14.7. The Balaban J connectivity index is 3.20. The molecule has 0 heterocycles. The highest BCUT2D eigenvalue weighted by atomic mass is 19.1. The highest BCUT2D eigenvalue weighted by Gasteiger charge is 2.06. The van der Waals surface area contributed by atoms with Crippen molar-refractivity contribution < 1.29 is 23.4 Å². The molecule has 1 amide bonds. The van der Waals surface area contributed by atoms with Gasteiger partial charge in [0.05, 0.1) is 46.2 Å². The van der Waals surface area contributed by atoms with Crippen LogP contribution in [-0.2, 0) is 19.0 Å². The molecule has 138 valence electrons. The van der Waals surface area contributed by atoms with E-state index in [4.69, 9.17) is 14.2 Å².